The van der Waals surface area contributed by atoms with Gasteiger partial charge in [-0.05, 0) is 18.1 Å². The molecule has 2 N–H and O–H groups in total. The second kappa shape index (κ2) is 6.67. The molecule has 0 bridgehead atoms. The third kappa shape index (κ3) is 3.99. The Hall–Kier alpha value is -1.58. The van der Waals surface area contributed by atoms with E-state index >= 15 is 0 Å². The predicted molar refractivity (Wildman–Crippen MR) is 70.3 cm³/mol. The highest BCUT2D eigenvalue weighted by Gasteiger charge is 2.42. The first kappa shape index (κ1) is 18.5. The van der Waals surface area contributed by atoms with Gasteiger partial charge >= 0.3 is 6.18 Å². The average Bonchev–Trinajstić information content (AvgIpc) is 2.37. The zero-order valence-electron chi connectivity index (χ0n) is 11.3. The van der Waals surface area contributed by atoms with Crippen LogP contribution in [0.4, 0.5) is 36.4 Å². The minimum Gasteiger partial charge on any atom is -0.362 e. The van der Waals surface area contributed by atoms with Crippen LogP contribution in [0.1, 0.15) is 19.4 Å². The van der Waals surface area contributed by atoms with E-state index in [-0.39, 0.29) is 17.6 Å². The maximum Gasteiger partial charge on any atom is 0.422 e. The van der Waals surface area contributed by atoms with Crippen molar-refractivity contribution in [1.82, 2.24) is 5.32 Å². The summed E-state index contributed by atoms with van der Waals surface area (Å²) in [6, 6.07) is 0. The molecule has 0 fully saturated rings. The van der Waals surface area contributed by atoms with Crippen LogP contribution in [0.5, 0.6) is 0 Å². The topological polar surface area (TPSA) is 24.1 Å². The van der Waals surface area contributed by atoms with Gasteiger partial charge in [0.2, 0.25) is 0 Å². The second-order valence-corrected chi connectivity index (χ2v) is 5.14. The maximum atomic E-state index is 13.6. The molecule has 0 unspecified atom stereocenters. The molecule has 0 radical (unpaired) electrons. The van der Waals surface area contributed by atoms with Crippen molar-refractivity contribution in [2.75, 3.05) is 11.9 Å². The predicted octanol–water partition coefficient (Wildman–Crippen LogP) is 4.20. The largest absolute Gasteiger partial charge is 0.422 e. The summed E-state index contributed by atoms with van der Waals surface area (Å²) in [5.41, 5.74) is -4.06. The number of anilines is 1. The normalized spacial score (nSPS) is 11.7. The fraction of sp³-hybridized carbons (Fsp3) is 0.417. The summed E-state index contributed by atoms with van der Waals surface area (Å²) in [4.78, 5) is 0. The second-order valence-electron chi connectivity index (χ2n) is 4.73. The molecule has 10 heteroatoms. The lowest BCUT2D eigenvalue weighted by Gasteiger charge is -2.16. The first-order valence-electron chi connectivity index (χ1n) is 5.94. The molecule has 0 aliphatic heterocycles. The van der Waals surface area contributed by atoms with Crippen LogP contribution in [0.15, 0.2) is 0 Å². The van der Waals surface area contributed by atoms with Gasteiger partial charge in [0.1, 0.15) is 11.3 Å². The van der Waals surface area contributed by atoms with Gasteiger partial charge in [0, 0.05) is 6.54 Å². The van der Waals surface area contributed by atoms with Crippen LogP contribution in [0, 0.1) is 29.2 Å². The minimum absolute atomic E-state index is 0.0931. The van der Waals surface area contributed by atoms with Gasteiger partial charge in [-0.2, -0.15) is 13.2 Å². The Kier molecular flexibility index (Phi) is 5.60. The molecule has 0 heterocycles. The Bertz CT molecular complexity index is 555. The molecule has 1 aromatic rings. The lowest BCUT2D eigenvalue weighted by Crippen LogP contribution is -2.32. The van der Waals surface area contributed by atoms with Gasteiger partial charge in [0.15, 0.2) is 28.4 Å². The molecule has 22 heavy (non-hydrogen) atoms. The van der Waals surface area contributed by atoms with Crippen molar-refractivity contribution in [1.29, 1.82) is 0 Å². The van der Waals surface area contributed by atoms with Gasteiger partial charge in [-0.25, -0.2) is 17.6 Å². The molecule has 1 rings (SSSR count). The van der Waals surface area contributed by atoms with Crippen LogP contribution in [-0.4, -0.2) is 11.7 Å². The zero-order chi connectivity index (χ0) is 17.2. The molecule has 1 aromatic carbocycles. The van der Waals surface area contributed by atoms with E-state index in [1.54, 1.807) is 13.8 Å². The molecule has 0 atom stereocenters. The molecule has 2 nitrogen and oxygen atoms in total. The monoisotopic (exact) mass is 348 g/mol. The number of hydrogen-bond acceptors (Lipinski definition) is 1. The summed E-state index contributed by atoms with van der Waals surface area (Å²) < 4.78 is 91.0. The Morgan fingerprint density at radius 3 is 1.82 bits per heavy atom. The van der Waals surface area contributed by atoms with Crippen LogP contribution in [0.3, 0.4) is 0 Å². The molecule has 0 saturated heterocycles. The van der Waals surface area contributed by atoms with E-state index in [1.807, 2.05) is 5.32 Å². The Labute approximate surface area is 126 Å². The lowest BCUT2D eigenvalue weighted by atomic mass is 10.1. The Morgan fingerprint density at radius 1 is 1.00 bits per heavy atom. The molecule has 0 spiro atoms. The van der Waals surface area contributed by atoms with Gasteiger partial charge < -0.3 is 10.6 Å². The number of nitrogens with one attached hydrogen (secondary N) is 2. The van der Waals surface area contributed by atoms with E-state index in [0.717, 1.165) is 0 Å². The molecule has 0 aliphatic rings. The van der Waals surface area contributed by atoms with Gasteiger partial charge in [-0.1, -0.05) is 13.8 Å². The van der Waals surface area contributed by atoms with Crippen molar-refractivity contribution < 1.29 is 30.7 Å². The average molecular weight is 348 g/mol. The summed E-state index contributed by atoms with van der Waals surface area (Å²) >= 11 is 4.64. The lowest BCUT2D eigenvalue weighted by molar-refractivity contribution is -0.143. The first-order chi connectivity index (χ1) is 9.96. The highest BCUT2D eigenvalue weighted by Crippen LogP contribution is 2.38. The maximum absolute atomic E-state index is 13.6. The van der Waals surface area contributed by atoms with Crippen LogP contribution in [-0.2, 0) is 6.18 Å². The third-order valence-electron chi connectivity index (χ3n) is 2.46. The molecule has 0 aromatic heterocycles. The van der Waals surface area contributed by atoms with E-state index < -0.39 is 40.7 Å². The summed E-state index contributed by atoms with van der Waals surface area (Å²) in [7, 11) is 0. The third-order valence-corrected chi connectivity index (χ3v) is 2.70. The molecule has 0 amide bonds. The van der Waals surface area contributed by atoms with Crippen LogP contribution in [0.2, 0.25) is 0 Å². The van der Waals surface area contributed by atoms with Crippen molar-refractivity contribution in [3.05, 3.63) is 28.8 Å². The standard InChI is InChI=1S/C12H11F7N2S/c1-4(2)3-20-11(22)21-10-8(15)6(13)5(12(17,18)19)7(14)9(10)16/h4H,3H2,1-2H3,(H2,20,21,22). The smallest absolute Gasteiger partial charge is 0.362 e. The van der Waals surface area contributed by atoms with Crippen LogP contribution < -0.4 is 10.6 Å². The summed E-state index contributed by atoms with van der Waals surface area (Å²) in [6.45, 7) is 3.85. The number of alkyl halides is 3. The van der Waals surface area contributed by atoms with Gasteiger partial charge in [-0.15, -0.1) is 0 Å². The number of thiocarbonyl (C=S) groups is 1. The van der Waals surface area contributed by atoms with E-state index in [1.165, 1.54) is 0 Å². The van der Waals surface area contributed by atoms with Crippen molar-refractivity contribution in [3.63, 3.8) is 0 Å². The molecule has 0 saturated carbocycles. The minimum atomic E-state index is -5.58. The van der Waals surface area contributed by atoms with Crippen LogP contribution >= 0.6 is 12.2 Å². The molecular formula is C12H11F7N2S. The van der Waals surface area contributed by atoms with Crippen molar-refractivity contribution in [2.24, 2.45) is 5.92 Å². The molecule has 124 valence electrons. The van der Waals surface area contributed by atoms with E-state index in [9.17, 15) is 30.7 Å². The highest BCUT2D eigenvalue weighted by atomic mass is 32.1. The van der Waals surface area contributed by atoms with Crippen molar-refractivity contribution >= 4 is 23.0 Å². The number of halogens is 7. The number of benzene rings is 1. The van der Waals surface area contributed by atoms with Gasteiger partial charge in [-0.3, -0.25) is 0 Å². The summed E-state index contributed by atoms with van der Waals surface area (Å²) in [5, 5.41) is 3.92. The number of rotatable bonds is 3. The van der Waals surface area contributed by atoms with E-state index in [4.69, 9.17) is 0 Å². The Balaban J connectivity index is 3.21. The summed E-state index contributed by atoms with van der Waals surface area (Å²) in [5.74, 6) is -9.41. The first-order valence-corrected chi connectivity index (χ1v) is 6.35. The fourth-order valence-electron chi connectivity index (χ4n) is 1.44. The van der Waals surface area contributed by atoms with E-state index in [0.29, 0.717) is 0 Å². The number of hydrogen-bond donors (Lipinski definition) is 2. The zero-order valence-corrected chi connectivity index (χ0v) is 12.2. The SMILES string of the molecule is CC(C)CNC(=S)Nc1c(F)c(F)c(C(F)(F)F)c(F)c1F. The fourth-order valence-corrected chi connectivity index (χ4v) is 1.63. The molecular weight excluding hydrogens is 337 g/mol. The molecule has 0 aliphatic carbocycles. The quantitative estimate of drug-likeness (QED) is 0.486. The van der Waals surface area contributed by atoms with E-state index in [2.05, 4.69) is 17.5 Å². The van der Waals surface area contributed by atoms with Gasteiger partial charge in [0.25, 0.3) is 0 Å². The van der Waals surface area contributed by atoms with Gasteiger partial charge in [0.05, 0.1) is 0 Å². The Morgan fingerprint density at radius 2 is 1.45 bits per heavy atom. The van der Waals surface area contributed by atoms with Crippen molar-refractivity contribution in [3.8, 4) is 0 Å². The highest BCUT2D eigenvalue weighted by molar-refractivity contribution is 7.80. The van der Waals surface area contributed by atoms with Crippen molar-refractivity contribution in [2.45, 2.75) is 20.0 Å². The summed E-state index contributed by atoms with van der Waals surface area (Å²) in [6.07, 6.45) is -5.58. The van der Waals surface area contributed by atoms with Crippen LogP contribution in [0.25, 0.3) is 0 Å².